The van der Waals surface area contributed by atoms with Gasteiger partial charge in [-0.3, -0.25) is 10.1 Å². The van der Waals surface area contributed by atoms with Crippen LogP contribution in [0.3, 0.4) is 0 Å². The van der Waals surface area contributed by atoms with Crippen LogP contribution in [0.25, 0.3) is 0 Å². The smallest absolute Gasteiger partial charge is 0.319 e. The summed E-state index contributed by atoms with van der Waals surface area (Å²) in [6.45, 7) is 0.226. The molecular weight excluding hydrogens is 206 g/mol. The fourth-order valence-corrected chi connectivity index (χ4v) is 1.48. The molecule has 1 aromatic rings. The van der Waals surface area contributed by atoms with E-state index in [0.29, 0.717) is 6.42 Å². The molecule has 0 fully saturated rings. The highest BCUT2D eigenvalue weighted by Gasteiger charge is 2.11. The van der Waals surface area contributed by atoms with Gasteiger partial charge in [0.2, 0.25) is 0 Å². The molecule has 0 aliphatic heterocycles. The molecule has 4 heteroatoms. The van der Waals surface area contributed by atoms with E-state index in [-0.39, 0.29) is 25.2 Å². The predicted molar refractivity (Wildman–Crippen MR) is 60.9 cm³/mol. The second kappa shape index (κ2) is 6.98. The van der Waals surface area contributed by atoms with Gasteiger partial charge in [-0.1, -0.05) is 30.3 Å². The molecule has 0 aliphatic carbocycles. The van der Waals surface area contributed by atoms with Crippen molar-refractivity contribution in [3.8, 4) is 0 Å². The summed E-state index contributed by atoms with van der Waals surface area (Å²) in [6, 6.07) is 9.69. The van der Waals surface area contributed by atoms with Crippen molar-refractivity contribution in [1.29, 1.82) is 0 Å². The van der Waals surface area contributed by atoms with E-state index in [0.717, 1.165) is 5.56 Å². The Morgan fingerprint density at radius 1 is 1.44 bits per heavy atom. The highest BCUT2D eigenvalue weighted by molar-refractivity contribution is 5.71. The zero-order valence-electron chi connectivity index (χ0n) is 9.35. The molecule has 4 nitrogen and oxygen atoms in total. The maximum Gasteiger partial charge on any atom is 0.319 e. The molecule has 0 saturated carbocycles. The summed E-state index contributed by atoms with van der Waals surface area (Å²) >= 11 is 0. The summed E-state index contributed by atoms with van der Waals surface area (Å²) in [5, 5.41) is 12.0. The summed E-state index contributed by atoms with van der Waals surface area (Å²) in [7, 11) is 1.35. The lowest BCUT2D eigenvalue weighted by atomic mass is 10.0. The second-order valence-electron chi connectivity index (χ2n) is 3.43. The van der Waals surface area contributed by atoms with Gasteiger partial charge in [0, 0.05) is 12.6 Å². The van der Waals surface area contributed by atoms with E-state index in [1.807, 2.05) is 30.3 Å². The third-order valence-electron chi connectivity index (χ3n) is 2.34. The van der Waals surface area contributed by atoms with Crippen LogP contribution in [0.1, 0.15) is 18.0 Å². The van der Waals surface area contributed by atoms with Crippen LogP contribution in [0, 0.1) is 0 Å². The molecule has 0 aromatic heterocycles. The number of carbonyl (C=O) groups excluding carboxylic acids is 1. The van der Waals surface area contributed by atoms with Crippen molar-refractivity contribution in [2.45, 2.75) is 12.5 Å². The maximum absolute atomic E-state index is 11.0. The molecular formula is C12H17NO3. The van der Waals surface area contributed by atoms with Gasteiger partial charge in [0.1, 0.15) is 0 Å². The van der Waals surface area contributed by atoms with Crippen LogP contribution >= 0.6 is 0 Å². The molecule has 0 heterocycles. The number of methoxy groups -OCH3 is 1. The first kappa shape index (κ1) is 12.7. The second-order valence-corrected chi connectivity index (χ2v) is 3.43. The number of hydrogen-bond donors (Lipinski definition) is 2. The lowest BCUT2D eigenvalue weighted by Crippen LogP contribution is -2.29. The van der Waals surface area contributed by atoms with Gasteiger partial charge in [-0.15, -0.1) is 0 Å². The lowest BCUT2D eigenvalue weighted by Gasteiger charge is -2.17. The van der Waals surface area contributed by atoms with Gasteiger partial charge in [0.05, 0.1) is 13.7 Å². The van der Waals surface area contributed by atoms with Crippen molar-refractivity contribution in [3.05, 3.63) is 35.9 Å². The number of hydrogen-bond acceptors (Lipinski definition) is 4. The number of benzene rings is 1. The SMILES string of the molecule is COC(=O)CNC(CCO)c1ccccc1. The van der Waals surface area contributed by atoms with Crippen molar-refractivity contribution < 1.29 is 14.6 Å². The Morgan fingerprint density at radius 2 is 2.12 bits per heavy atom. The number of aliphatic hydroxyl groups is 1. The molecule has 1 unspecified atom stereocenters. The van der Waals surface area contributed by atoms with Gasteiger partial charge < -0.3 is 9.84 Å². The van der Waals surface area contributed by atoms with E-state index in [1.165, 1.54) is 7.11 Å². The molecule has 0 amide bonds. The van der Waals surface area contributed by atoms with Crippen LogP contribution in [0.2, 0.25) is 0 Å². The van der Waals surface area contributed by atoms with Crippen LogP contribution in [0.4, 0.5) is 0 Å². The molecule has 1 rings (SSSR count). The van der Waals surface area contributed by atoms with Gasteiger partial charge in [-0.25, -0.2) is 0 Å². The van der Waals surface area contributed by atoms with Gasteiger partial charge in [-0.05, 0) is 12.0 Å². The largest absolute Gasteiger partial charge is 0.468 e. The number of carbonyl (C=O) groups is 1. The predicted octanol–water partition coefficient (Wildman–Crippen LogP) is 0.873. The van der Waals surface area contributed by atoms with Gasteiger partial charge in [-0.2, -0.15) is 0 Å². The zero-order valence-corrected chi connectivity index (χ0v) is 9.35. The first-order valence-corrected chi connectivity index (χ1v) is 5.24. The minimum absolute atomic E-state index is 0.0229. The first-order valence-electron chi connectivity index (χ1n) is 5.24. The summed E-state index contributed by atoms with van der Waals surface area (Å²) in [5.41, 5.74) is 1.06. The van der Waals surface area contributed by atoms with Gasteiger partial charge in [0.25, 0.3) is 0 Å². The molecule has 88 valence electrons. The van der Waals surface area contributed by atoms with E-state index >= 15 is 0 Å². The number of aliphatic hydroxyl groups excluding tert-OH is 1. The van der Waals surface area contributed by atoms with Crippen molar-refractivity contribution in [2.75, 3.05) is 20.3 Å². The summed E-state index contributed by atoms with van der Waals surface area (Å²) in [6.07, 6.45) is 0.570. The van der Waals surface area contributed by atoms with E-state index in [9.17, 15) is 4.79 Å². The third-order valence-corrected chi connectivity index (χ3v) is 2.34. The van der Waals surface area contributed by atoms with Crippen molar-refractivity contribution in [1.82, 2.24) is 5.32 Å². The maximum atomic E-state index is 11.0. The first-order chi connectivity index (χ1) is 7.77. The minimum Gasteiger partial charge on any atom is -0.468 e. The third kappa shape index (κ3) is 4.00. The van der Waals surface area contributed by atoms with Gasteiger partial charge in [0.15, 0.2) is 0 Å². The van der Waals surface area contributed by atoms with Gasteiger partial charge >= 0.3 is 5.97 Å². The van der Waals surface area contributed by atoms with Crippen molar-refractivity contribution in [3.63, 3.8) is 0 Å². The van der Waals surface area contributed by atoms with Crippen molar-refractivity contribution in [2.24, 2.45) is 0 Å². The lowest BCUT2D eigenvalue weighted by molar-refractivity contribution is -0.139. The van der Waals surface area contributed by atoms with Crippen LogP contribution < -0.4 is 5.32 Å². The van der Waals surface area contributed by atoms with Crippen LogP contribution in [-0.2, 0) is 9.53 Å². The van der Waals surface area contributed by atoms with E-state index in [1.54, 1.807) is 0 Å². The normalized spacial score (nSPS) is 12.1. The van der Waals surface area contributed by atoms with E-state index in [2.05, 4.69) is 10.1 Å². The highest BCUT2D eigenvalue weighted by atomic mass is 16.5. The summed E-state index contributed by atoms with van der Waals surface area (Å²) in [4.78, 5) is 11.0. The van der Waals surface area contributed by atoms with E-state index < -0.39 is 0 Å². The Hall–Kier alpha value is -1.39. The number of ether oxygens (including phenoxy) is 1. The van der Waals surface area contributed by atoms with Crippen LogP contribution in [-0.4, -0.2) is 31.3 Å². The van der Waals surface area contributed by atoms with Crippen LogP contribution in [0.5, 0.6) is 0 Å². The quantitative estimate of drug-likeness (QED) is 0.703. The molecule has 0 bridgehead atoms. The minimum atomic E-state index is -0.307. The topological polar surface area (TPSA) is 58.6 Å². The molecule has 0 radical (unpaired) electrons. The molecule has 0 aliphatic rings. The number of nitrogens with one attached hydrogen (secondary N) is 1. The average molecular weight is 223 g/mol. The molecule has 1 aromatic carbocycles. The van der Waals surface area contributed by atoms with Crippen LogP contribution in [0.15, 0.2) is 30.3 Å². The number of rotatable bonds is 6. The number of esters is 1. The molecule has 1 atom stereocenters. The molecule has 2 N–H and O–H groups in total. The molecule has 16 heavy (non-hydrogen) atoms. The van der Waals surface area contributed by atoms with E-state index in [4.69, 9.17) is 5.11 Å². The van der Waals surface area contributed by atoms with Crippen molar-refractivity contribution >= 4 is 5.97 Å². The Bertz CT molecular complexity index is 313. The molecule has 0 spiro atoms. The average Bonchev–Trinajstić information content (AvgIpc) is 2.35. The molecule has 0 saturated heterocycles. The fraction of sp³-hybridized carbons (Fsp3) is 0.417. The Kier molecular flexibility index (Phi) is 5.53. The fourth-order valence-electron chi connectivity index (χ4n) is 1.48. The Morgan fingerprint density at radius 3 is 2.69 bits per heavy atom. The highest BCUT2D eigenvalue weighted by Crippen LogP contribution is 2.15. The zero-order chi connectivity index (χ0) is 11.8. The monoisotopic (exact) mass is 223 g/mol. The summed E-state index contributed by atoms with van der Waals surface area (Å²) in [5.74, 6) is -0.307. The summed E-state index contributed by atoms with van der Waals surface area (Å²) < 4.78 is 4.55. The Labute approximate surface area is 95.2 Å². The standard InChI is InChI=1S/C12H17NO3/c1-16-12(15)9-13-11(7-8-14)10-5-3-2-4-6-10/h2-6,11,13-14H,7-9H2,1H3. The Balaban J connectivity index is 2.57.